The molecule has 0 aliphatic carbocycles. The Hall–Kier alpha value is -1.23. The molecule has 0 saturated heterocycles. The van der Waals surface area contributed by atoms with Crippen molar-refractivity contribution >= 4 is 17.5 Å². The number of carbonyl (C=O) groups excluding carboxylic acids is 1. The molecule has 1 aromatic rings. The van der Waals surface area contributed by atoms with Gasteiger partial charge in [-0.15, -0.1) is 11.6 Å². The molecular formula is C11H11ClF3NO. The van der Waals surface area contributed by atoms with Gasteiger partial charge in [-0.3, -0.25) is 4.79 Å². The number of rotatable bonds is 4. The van der Waals surface area contributed by atoms with Gasteiger partial charge in [0.15, 0.2) is 0 Å². The van der Waals surface area contributed by atoms with Crippen LogP contribution in [0, 0.1) is 0 Å². The van der Waals surface area contributed by atoms with Crippen LogP contribution < -0.4 is 0 Å². The molecule has 0 aliphatic rings. The maximum Gasteiger partial charge on any atom is 0.406 e. The predicted octanol–water partition coefficient (Wildman–Crippen LogP) is 2.93. The molecule has 17 heavy (non-hydrogen) atoms. The van der Waals surface area contributed by atoms with Gasteiger partial charge in [-0.25, -0.2) is 0 Å². The van der Waals surface area contributed by atoms with E-state index in [0.29, 0.717) is 4.90 Å². The number of hydrogen-bond acceptors (Lipinski definition) is 1. The third-order valence-corrected chi connectivity index (χ3v) is 2.20. The van der Waals surface area contributed by atoms with Gasteiger partial charge in [0.05, 0.1) is 0 Å². The molecule has 94 valence electrons. The molecular weight excluding hydrogens is 255 g/mol. The van der Waals surface area contributed by atoms with Gasteiger partial charge in [-0.05, 0) is 12.1 Å². The summed E-state index contributed by atoms with van der Waals surface area (Å²) in [7, 11) is 0. The lowest BCUT2D eigenvalue weighted by atomic mass is 10.2. The standard InChI is InChI=1S/C11H11ClF3NO/c12-6-7-16(8-11(13,14)15)10(17)9-4-2-1-3-5-9/h1-5H,6-8H2. The lowest BCUT2D eigenvalue weighted by Crippen LogP contribution is -2.40. The fraction of sp³-hybridized carbons (Fsp3) is 0.364. The summed E-state index contributed by atoms with van der Waals surface area (Å²) < 4.78 is 36.8. The van der Waals surface area contributed by atoms with Crippen LogP contribution in [0.3, 0.4) is 0 Å². The molecule has 1 aromatic carbocycles. The monoisotopic (exact) mass is 265 g/mol. The van der Waals surface area contributed by atoms with Gasteiger partial charge in [0.1, 0.15) is 6.54 Å². The third-order valence-electron chi connectivity index (χ3n) is 2.03. The van der Waals surface area contributed by atoms with Crippen molar-refractivity contribution in [3.63, 3.8) is 0 Å². The van der Waals surface area contributed by atoms with E-state index in [4.69, 9.17) is 11.6 Å². The van der Waals surface area contributed by atoms with Crippen LogP contribution in [0.1, 0.15) is 10.4 Å². The van der Waals surface area contributed by atoms with Gasteiger partial charge in [0, 0.05) is 18.0 Å². The molecule has 0 saturated carbocycles. The fourth-order valence-electron chi connectivity index (χ4n) is 1.33. The zero-order valence-electron chi connectivity index (χ0n) is 8.88. The number of halogens is 4. The van der Waals surface area contributed by atoms with Crippen LogP contribution in [0.2, 0.25) is 0 Å². The van der Waals surface area contributed by atoms with E-state index < -0.39 is 18.6 Å². The minimum Gasteiger partial charge on any atom is -0.328 e. The Labute approximate surface area is 102 Å². The first-order valence-corrected chi connectivity index (χ1v) is 5.44. The van der Waals surface area contributed by atoms with Crippen LogP contribution in [0.15, 0.2) is 30.3 Å². The number of hydrogen-bond donors (Lipinski definition) is 0. The van der Waals surface area contributed by atoms with E-state index >= 15 is 0 Å². The highest BCUT2D eigenvalue weighted by Crippen LogP contribution is 2.18. The van der Waals surface area contributed by atoms with E-state index in [0.717, 1.165) is 0 Å². The van der Waals surface area contributed by atoms with Gasteiger partial charge >= 0.3 is 6.18 Å². The number of benzene rings is 1. The van der Waals surface area contributed by atoms with E-state index in [1.54, 1.807) is 18.2 Å². The van der Waals surface area contributed by atoms with Crippen LogP contribution in [-0.2, 0) is 0 Å². The predicted molar refractivity (Wildman–Crippen MR) is 59.1 cm³/mol. The maximum atomic E-state index is 12.3. The molecule has 0 heterocycles. The van der Waals surface area contributed by atoms with Gasteiger partial charge in [0.2, 0.25) is 0 Å². The van der Waals surface area contributed by atoms with E-state index in [1.807, 2.05) is 0 Å². The molecule has 0 spiro atoms. The quantitative estimate of drug-likeness (QED) is 0.767. The van der Waals surface area contributed by atoms with Gasteiger partial charge in [0.25, 0.3) is 5.91 Å². The number of carbonyl (C=O) groups is 1. The van der Waals surface area contributed by atoms with Crippen molar-refractivity contribution in [2.24, 2.45) is 0 Å². The Morgan fingerprint density at radius 2 is 1.82 bits per heavy atom. The highest BCUT2D eigenvalue weighted by Gasteiger charge is 2.32. The highest BCUT2D eigenvalue weighted by molar-refractivity contribution is 6.18. The van der Waals surface area contributed by atoms with Crippen LogP contribution in [0.5, 0.6) is 0 Å². The van der Waals surface area contributed by atoms with Gasteiger partial charge in [-0.2, -0.15) is 13.2 Å². The average Bonchev–Trinajstić information content (AvgIpc) is 2.27. The first-order valence-electron chi connectivity index (χ1n) is 4.91. The lowest BCUT2D eigenvalue weighted by Gasteiger charge is -2.23. The van der Waals surface area contributed by atoms with Gasteiger partial charge < -0.3 is 4.90 Å². The first kappa shape index (κ1) is 13.8. The van der Waals surface area contributed by atoms with E-state index in [9.17, 15) is 18.0 Å². The van der Waals surface area contributed by atoms with E-state index in [-0.39, 0.29) is 18.0 Å². The highest BCUT2D eigenvalue weighted by atomic mass is 35.5. The largest absolute Gasteiger partial charge is 0.406 e. The smallest absolute Gasteiger partial charge is 0.328 e. The summed E-state index contributed by atoms with van der Waals surface area (Å²) in [5, 5.41) is 0. The van der Waals surface area contributed by atoms with Crippen molar-refractivity contribution in [2.75, 3.05) is 19.0 Å². The molecule has 0 unspecified atom stereocenters. The molecule has 1 rings (SSSR count). The third kappa shape index (κ3) is 4.65. The van der Waals surface area contributed by atoms with Crippen LogP contribution in [-0.4, -0.2) is 36.0 Å². The Morgan fingerprint density at radius 1 is 1.24 bits per heavy atom. The van der Waals surface area contributed by atoms with Crippen molar-refractivity contribution in [1.82, 2.24) is 4.90 Å². The molecule has 0 bridgehead atoms. The number of nitrogens with zero attached hydrogens (tertiary/aromatic N) is 1. The molecule has 0 atom stereocenters. The molecule has 0 aromatic heterocycles. The van der Waals surface area contributed by atoms with Crippen LogP contribution >= 0.6 is 11.6 Å². The van der Waals surface area contributed by atoms with Crippen molar-refractivity contribution in [3.05, 3.63) is 35.9 Å². The Balaban J connectivity index is 2.81. The van der Waals surface area contributed by atoms with Crippen molar-refractivity contribution in [1.29, 1.82) is 0 Å². The summed E-state index contributed by atoms with van der Waals surface area (Å²) in [6, 6.07) is 7.83. The van der Waals surface area contributed by atoms with E-state index in [2.05, 4.69) is 0 Å². The minimum atomic E-state index is -4.42. The Kier molecular flexibility index (Phi) is 4.81. The van der Waals surface area contributed by atoms with Crippen molar-refractivity contribution < 1.29 is 18.0 Å². The lowest BCUT2D eigenvalue weighted by molar-refractivity contribution is -0.140. The summed E-state index contributed by atoms with van der Waals surface area (Å²) in [6.07, 6.45) is -4.42. The summed E-state index contributed by atoms with van der Waals surface area (Å²) >= 11 is 5.40. The summed E-state index contributed by atoms with van der Waals surface area (Å²) in [5.74, 6) is -0.696. The van der Waals surface area contributed by atoms with Crippen LogP contribution in [0.4, 0.5) is 13.2 Å². The summed E-state index contributed by atoms with van der Waals surface area (Å²) in [6.45, 7) is -1.41. The molecule has 1 amide bonds. The van der Waals surface area contributed by atoms with Crippen molar-refractivity contribution in [3.8, 4) is 0 Å². The molecule has 0 aliphatic heterocycles. The van der Waals surface area contributed by atoms with Crippen molar-refractivity contribution in [2.45, 2.75) is 6.18 Å². The zero-order chi connectivity index (χ0) is 12.9. The number of alkyl halides is 4. The second-order valence-corrected chi connectivity index (χ2v) is 3.77. The second-order valence-electron chi connectivity index (χ2n) is 3.40. The summed E-state index contributed by atoms with van der Waals surface area (Å²) in [4.78, 5) is 12.5. The number of amides is 1. The zero-order valence-corrected chi connectivity index (χ0v) is 9.63. The molecule has 0 N–H and O–H groups in total. The van der Waals surface area contributed by atoms with Crippen LogP contribution in [0.25, 0.3) is 0 Å². The second kappa shape index (κ2) is 5.91. The Bertz CT molecular complexity index is 367. The molecule has 6 heteroatoms. The first-order chi connectivity index (χ1) is 7.94. The van der Waals surface area contributed by atoms with Gasteiger partial charge in [-0.1, -0.05) is 18.2 Å². The van der Waals surface area contributed by atoms with E-state index in [1.165, 1.54) is 12.1 Å². The molecule has 0 fully saturated rings. The minimum absolute atomic E-state index is 0.0331. The Morgan fingerprint density at radius 3 is 2.29 bits per heavy atom. The average molecular weight is 266 g/mol. The maximum absolute atomic E-state index is 12.3. The SMILES string of the molecule is O=C(c1ccccc1)N(CCCl)CC(F)(F)F. The molecule has 2 nitrogen and oxygen atoms in total. The topological polar surface area (TPSA) is 20.3 Å². The fourth-order valence-corrected chi connectivity index (χ4v) is 1.54. The molecule has 0 radical (unpaired) electrons. The normalized spacial score (nSPS) is 11.3. The summed E-state index contributed by atoms with van der Waals surface area (Å²) in [5.41, 5.74) is 0.224.